The predicted molar refractivity (Wildman–Crippen MR) is 106 cm³/mol. The molecule has 0 rings (SSSR count). The second-order valence-corrected chi connectivity index (χ2v) is 7.32. The molecule has 26 heavy (non-hydrogen) atoms. The summed E-state index contributed by atoms with van der Waals surface area (Å²) in [5.74, 6) is -0.620. The summed E-state index contributed by atoms with van der Waals surface area (Å²) < 4.78 is 0. The summed E-state index contributed by atoms with van der Waals surface area (Å²) >= 11 is 0. The van der Waals surface area contributed by atoms with Gasteiger partial charge in [0.15, 0.2) is 0 Å². The molecule has 0 aromatic heterocycles. The van der Waals surface area contributed by atoms with Gasteiger partial charge < -0.3 is 10.2 Å². The molecule has 154 valence electrons. The van der Waals surface area contributed by atoms with Crippen molar-refractivity contribution in [1.82, 2.24) is 4.90 Å². The molecule has 0 aliphatic rings. The summed E-state index contributed by atoms with van der Waals surface area (Å²) in [6.07, 6.45) is 15.9. The zero-order chi connectivity index (χ0) is 19.5. The number of Topliss-reactive ketones (excluding diaryl/α,β-unsaturated/α-hetero) is 1. The minimum absolute atomic E-state index is 0.0556. The molecule has 0 spiro atoms. The van der Waals surface area contributed by atoms with E-state index in [1.54, 1.807) is 4.90 Å². The van der Waals surface area contributed by atoms with Crippen LogP contribution in [0.2, 0.25) is 0 Å². The molecule has 5 heteroatoms. The molecule has 0 radical (unpaired) electrons. The van der Waals surface area contributed by atoms with Crippen molar-refractivity contribution in [3.63, 3.8) is 0 Å². The van der Waals surface area contributed by atoms with Crippen LogP contribution in [0.1, 0.15) is 96.8 Å². The number of carboxylic acids is 1. The Kier molecular flexibility index (Phi) is 18.2. The molecule has 2 N–H and O–H groups in total. The van der Waals surface area contributed by atoms with Crippen LogP contribution in [0.3, 0.4) is 0 Å². The molecule has 0 fully saturated rings. The van der Waals surface area contributed by atoms with Crippen LogP contribution in [-0.4, -0.2) is 53.1 Å². The molecular weight excluding hydrogens is 330 g/mol. The number of ketones is 1. The topological polar surface area (TPSA) is 77.8 Å². The Morgan fingerprint density at radius 2 is 1.23 bits per heavy atom. The normalized spacial score (nSPS) is 11.2. The molecule has 5 nitrogen and oxygen atoms in total. The molecule has 0 amide bonds. The van der Waals surface area contributed by atoms with Crippen molar-refractivity contribution >= 4 is 11.8 Å². The van der Waals surface area contributed by atoms with Gasteiger partial charge in [-0.15, -0.1) is 0 Å². The Morgan fingerprint density at radius 3 is 1.73 bits per heavy atom. The average molecular weight is 372 g/mol. The highest BCUT2D eigenvalue weighted by molar-refractivity contribution is 5.78. The number of hydrogen-bond acceptors (Lipinski definition) is 4. The van der Waals surface area contributed by atoms with E-state index in [0.29, 0.717) is 32.4 Å². The SMILES string of the molecule is CCCCCCCCCCCCCC(=O)CCCN(CCO)CC(=O)O. The lowest BCUT2D eigenvalue weighted by atomic mass is 10.0. The molecule has 0 saturated carbocycles. The van der Waals surface area contributed by atoms with E-state index in [0.717, 1.165) is 12.8 Å². The third kappa shape index (κ3) is 17.9. The molecule has 0 unspecified atom stereocenters. The Balaban J connectivity index is 3.44. The summed E-state index contributed by atoms with van der Waals surface area (Å²) in [5.41, 5.74) is 0. The van der Waals surface area contributed by atoms with E-state index in [1.807, 2.05) is 0 Å². The zero-order valence-corrected chi connectivity index (χ0v) is 16.9. The third-order valence-electron chi connectivity index (χ3n) is 4.76. The van der Waals surface area contributed by atoms with Crippen LogP contribution >= 0.6 is 0 Å². The molecule has 0 aromatic carbocycles. The standard InChI is InChI=1S/C21H41NO4/c1-2-3-4-5-6-7-8-9-10-11-12-14-20(24)15-13-16-22(17-18-23)19-21(25)26/h23H,2-19H2,1H3,(H,25,26). The molecule has 0 aliphatic carbocycles. The Hall–Kier alpha value is -0.940. The number of aliphatic hydroxyl groups is 1. The maximum Gasteiger partial charge on any atom is 0.317 e. The lowest BCUT2D eigenvalue weighted by molar-refractivity contribution is -0.138. The first-order chi connectivity index (χ1) is 12.6. The van der Waals surface area contributed by atoms with Gasteiger partial charge in [0.25, 0.3) is 0 Å². The minimum atomic E-state index is -0.897. The predicted octanol–water partition coefficient (Wildman–Crippen LogP) is 4.42. The van der Waals surface area contributed by atoms with Crippen LogP contribution < -0.4 is 0 Å². The van der Waals surface area contributed by atoms with Crippen LogP contribution in [-0.2, 0) is 9.59 Å². The smallest absolute Gasteiger partial charge is 0.317 e. The zero-order valence-electron chi connectivity index (χ0n) is 16.9. The van der Waals surface area contributed by atoms with Crippen LogP contribution in [0, 0.1) is 0 Å². The highest BCUT2D eigenvalue weighted by Crippen LogP contribution is 2.12. The number of carbonyl (C=O) groups excluding carboxylic acids is 1. The van der Waals surface area contributed by atoms with Gasteiger partial charge in [-0.2, -0.15) is 0 Å². The third-order valence-corrected chi connectivity index (χ3v) is 4.76. The lowest BCUT2D eigenvalue weighted by Gasteiger charge is -2.18. The van der Waals surface area contributed by atoms with Crippen molar-refractivity contribution in [2.45, 2.75) is 96.8 Å². The fraction of sp³-hybridized carbons (Fsp3) is 0.905. The largest absolute Gasteiger partial charge is 0.480 e. The molecule has 0 atom stereocenters. The maximum absolute atomic E-state index is 11.9. The van der Waals surface area contributed by atoms with E-state index in [4.69, 9.17) is 10.2 Å². The summed E-state index contributed by atoms with van der Waals surface area (Å²) in [5, 5.41) is 17.7. The summed E-state index contributed by atoms with van der Waals surface area (Å²) in [4.78, 5) is 24.3. The summed E-state index contributed by atoms with van der Waals surface area (Å²) in [7, 11) is 0. The minimum Gasteiger partial charge on any atom is -0.480 e. The van der Waals surface area contributed by atoms with Crippen LogP contribution in [0.5, 0.6) is 0 Å². The molecular formula is C21H41NO4. The van der Waals surface area contributed by atoms with Crippen molar-refractivity contribution < 1.29 is 19.8 Å². The van der Waals surface area contributed by atoms with Gasteiger partial charge in [-0.3, -0.25) is 14.5 Å². The number of carbonyl (C=O) groups is 2. The van der Waals surface area contributed by atoms with Crippen LogP contribution in [0.15, 0.2) is 0 Å². The highest BCUT2D eigenvalue weighted by Gasteiger charge is 2.10. The highest BCUT2D eigenvalue weighted by atomic mass is 16.4. The Bertz CT molecular complexity index is 347. The fourth-order valence-electron chi connectivity index (χ4n) is 3.21. The first-order valence-corrected chi connectivity index (χ1v) is 10.7. The average Bonchev–Trinajstić information content (AvgIpc) is 2.59. The molecule has 0 heterocycles. The first-order valence-electron chi connectivity index (χ1n) is 10.7. The number of aliphatic carboxylic acids is 1. The van der Waals surface area contributed by atoms with E-state index >= 15 is 0 Å². The van der Waals surface area contributed by atoms with E-state index in [1.165, 1.54) is 57.8 Å². The van der Waals surface area contributed by atoms with Crippen molar-refractivity contribution in [1.29, 1.82) is 0 Å². The van der Waals surface area contributed by atoms with Gasteiger partial charge in [-0.05, 0) is 19.4 Å². The van der Waals surface area contributed by atoms with E-state index in [9.17, 15) is 9.59 Å². The molecule has 0 aromatic rings. The maximum atomic E-state index is 11.9. The van der Waals surface area contributed by atoms with Gasteiger partial charge in [-0.25, -0.2) is 0 Å². The summed E-state index contributed by atoms with van der Waals surface area (Å²) in [6.45, 7) is 3.01. The van der Waals surface area contributed by atoms with Crippen molar-refractivity contribution in [3.8, 4) is 0 Å². The summed E-state index contributed by atoms with van der Waals surface area (Å²) in [6, 6.07) is 0. The van der Waals surface area contributed by atoms with Crippen LogP contribution in [0.4, 0.5) is 0 Å². The van der Waals surface area contributed by atoms with Crippen molar-refractivity contribution in [2.75, 3.05) is 26.2 Å². The van der Waals surface area contributed by atoms with Gasteiger partial charge in [-0.1, -0.05) is 71.1 Å². The number of unbranched alkanes of at least 4 members (excludes halogenated alkanes) is 10. The quantitative estimate of drug-likeness (QED) is 0.310. The van der Waals surface area contributed by atoms with Gasteiger partial charge >= 0.3 is 5.97 Å². The Morgan fingerprint density at radius 1 is 0.731 bits per heavy atom. The number of nitrogens with zero attached hydrogens (tertiary/aromatic N) is 1. The van der Waals surface area contributed by atoms with Gasteiger partial charge in [0.1, 0.15) is 5.78 Å². The Labute approximate surface area is 160 Å². The van der Waals surface area contributed by atoms with E-state index in [-0.39, 0.29) is 18.9 Å². The van der Waals surface area contributed by atoms with Gasteiger partial charge in [0.05, 0.1) is 13.2 Å². The first kappa shape index (κ1) is 25.1. The second kappa shape index (κ2) is 18.8. The number of carboxylic acid groups (broad SMARTS) is 1. The van der Waals surface area contributed by atoms with Crippen molar-refractivity contribution in [2.24, 2.45) is 0 Å². The lowest BCUT2D eigenvalue weighted by Crippen LogP contribution is -2.33. The fourth-order valence-corrected chi connectivity index (χ4v) is 3.21. The molecule has 0 bridgehead atoms. The number of hydrogen-bond donors (Lipinski definition) is 2. The van der Waals surface area contributed by atoms with E-state index in [2.05, 4.69) is 6.92 Å². The molecule has 0 aliphatic heterocycles. The molecule has 0 saturated heterocycles. The van der Waals surface area contributed by atoms with Crippen LogP contribution in [0.25, 0.3) is 0 Å². The number of aliphatic hydroxyl groups excluding tert-OH is 1. The second-order valence-electron chi connectivity index (χ2n) is 7.32. The van der Waals surface area contributed by atoms with Crippen molar-refractivity contribution in [3.05, 3.63) is 0 Å². The van der Waals surface area contributed by atoms with Gasteiger partial charge in [0, 0.05) is 19.4 Å². The van der Waals surface area contributed by atoms with Gasteiger partial charge in [0.2, 0.25) is 0 Å². The van der Waals surface area contributed by atoms with E-state index < -0.39 is 5.97 Å². The monoisotopic (exact) mass is 371 g/mol. The number of rotatable bonds is 20.